The fourth-order valence-corrected chi connectivity index (χ4v) is 2.20. The minimum absolute atomic E-state index is 0.237. The van der Waals surface area contributed by atoms with E-state index in [2.05, 4.69) is 23.9 Å². The zero-order valence-corrected chi connectivity index (χ0v) is 10.4. The molecule has 2 aliphatic rings. The molecule has 2 heterocycles. The molecular formula is C11H22N4O. The fraction of sp³-hybridized carbons (Fsp3) is 0.909. The van der Waals surface area contributed by atoms with Crippen LogP contribution in [0.4, 0.5) is 4.79 Å². The molecule has 0 atom stereocenters. The lowest BCUT2D eigenvalue weighted by molar-refractivity contribution is 0.102. The Morgan fingerprint density at radius 1 is 0.688 bits per heavy atom. The van der Waals surface area contributed by atoms with Crippen LogP contribution in [0.1, 0.15) is 0 Å². The van der Waals surface area contributed by atoms with E-state index in [-0.39, 0.29) is 6.03 Å². The van der Waals surface area contributed by atoms with Crippen molar-refractivity contribution in [3.63, 3.8) is 0 Å². The number of piperazine rings is 2. The summed E-state index contributed by atoms with van der Waals surface area (Å²) < 4.78 is 0. The van der Waals surface area contributed by atoms with Crippen LogP contribution in [0.3, 0.4) is 0 Å². The Balaban J connectivity index is 1.83. The highest BCUT2D eigenvalue weighted by Gasteiger charge is 2.25. The number of carbonyl (C=O) groups excluding carboxylic acids is 1. The van der Waals surface area contributed by atoms with E-state index < -0.39 is 0 Å². The van der Waals surface area contributed by atoms with Crippen LogP contribution >= 0.6 is 0 Å². The summed E-state index contributed by atoms with van der Waals surface area (Å²) in [5, 5.41) is 0. The largest absolute Gasteiger partial charge is 0.322 e. The molecule has 2 fully saturated rings. The lowest BCUT2D eigenvalue weighted by atomic mass is 10.3. The van der Waals surface area contributed by atoms with E-state index in [9.17, 15) is 4.79 Å². The van der Waals surface area contributed by atoms with E-state index in [1.54, 1.807) is 0 Å². The van der Waals surface area contributed by atoms with Crippen molar-refractivity contribution in [3.05, 3.63) is 0 Å². The first-order valence-corrected chi connectivity index (χ1v) is 6.08. The van der Waals surface area contributed by atoms with E-state index in [0.717, 1.165) is 52.4 Å². The number of hydrogen-bond acceptors (Lipinski definition) is 3. The monoisotopic (exact) mass is 226 g/mol. The summed E-state index contributed by atoms with van der Waals surface area (Å²) in [4.78, 5) is 20.7. The first-order chi connectivity index (χ1) is 7.66. The second-order valence-corrected chi connectivity index (χ2v) is 4.86. The van der Waals surface area contributed by atoms with Gasteiger partial charge in [0.05, 0.1) is 0 Å². The summed E-state index contributed by atoms with van der Waals surface area (Å²) in [6.07, 6.45) is 0. The highest BCUT2D eigenvalue weighted by atomic mass is 16.2. The van der Waals surface area contributed by atoms with E-state index in [4.69, 9.17) is 0 Å². The molecule has 0 spiro atoms. The molecule has 5 heteroatoms. The van der Waals surface area contributed by atoms with Gasteiger partial charge in [-0.1, -0.05) is 0 Å². The predicted octanol–water partition coefficient (Wildman–Crippen LogP) is -0.399. The molecule has 0 saturated carbocycles. The number of carbonyl (C=O) groups is 1. The smallest absolute Gasteiger partial charge is 0.320 e. The molecule has 0 N–H and O–H groups in total. The van der Waals surface area contributed by atoms with Crippen LogP contribution in [-0.4, -0.2) is 92.1 Å². The lowest BCUT2D eigenvalue weighted by Gasteiger charge is -2.39. The predicted molar refractivity (Wildman–Crippen MR) is 63.5 cm³/mol. The molecule has 0 aliphatic carbocycles. The maximum absolute atomic E-state index is 12.2. The molecule has 0 aromatic rings. The van der Waals surface area contributed by atoms with Gasteiger partial charge in [-0.15, -0.1) is 0 Å². The third kappa shape index (κ3) is 2.65. The van der Waals surface area contributed by atoms with Crippen LogP contribution in [0.5, 0.6) is 0 Å². The maximum atomic E-state index is 12.2. The van der Waals surface area contributed by atoms with Crippen molar-refractivity contribution in [2.75, 3.05) is 66.5 Å². The Hall–Kier alpha value is -0.810. The van der Waals surface area contributed by atoms with Gasteiger partial charge in [-0.25, -0.2) is 4.79 Å². The Morgan fingerprint density at radius 2 is 1.00 bits per heavy atom. The topological polar surface area (TPSA) is 30.0 Å². The quantitative estimate of drug-likeness (QED) is 0.563. The Morgan fingerprint density at radius 3 is 1.31 bits per heavy atom. The average Bonchev–Trinajstić information content (AvgIpc) is 2.30. The van der Waals surface area contributed by atoms with Gasteiger partial charge in [-0.3, -0.25) is 0 Å². The second-order valence-electron chi connectivity index (χ2n) is 4.86. The lowest BCUT2D eigenvalue weighted by Crippen LogP contribution is -2.55. The number of rotatable bonds is 0. The van der Waals surface area contributed by atoms with E-state index in [0.29, 0.717) is 0 Å². The van der Waals surface area contributed by atoms with Crippen molar-refractivity contribution in [1.29, 1.82) is 0 Å². The van der Waals surface area contributed by atoms with Gasteiger partial charge in [0.2, 0.25) is 0 Å². The highest BCUT2D eigenvalue weighted by Crippen LogP contribution is 2.07. The van der Waals surface area contributed by atoms with Gasteiger partial charge in [0, 0.05) is 52.4 Å². The average molecular weight is 226 g/mol. The standard InChI is InChI=1S/C11H22N4O/c1-12-3-7-14(8-4-12)11(16)15-9-5-13(2)6-10-15/h3-10H2,1-2H3. The minimum Gasteiger partial charge on any atom is -0.322 e. The van der Waals surface area contributed by atoms with E-state index >= 15 is 0 Å². The normalized spacial score (nSPS) is 24.9. The van der Waals surface area contributed by atoms with Crippen molar-refractivity contribution in [2.24, 2.45) is 0 Å². The first-order valence-electron chi connectivity index (χ1n) is 6.08. The van der Waals surface area contributed by atoms with Crippen LogP contribution in [0.2, 0.25) is 0 Å². The van der Waals surface area contributed by atoms with Crippen LogP contribution in [0.15, 0.2) is 0 Å². The van der Waals surface area contributed by atoms with Gasteiger partial charge in [-0.2, -0.15) is 0 Å². The molecular weight excluding hydrogens is 204 g/mol. The van der Waals surface area contributed by atoms with Crippen LogP contribution in [0, 0.1) is 0 Å². The molecule has 0 aromatic carbocycles. The fourth-order valence-electron chi connectivity index (χ4n) is 2.20. The third-order valence-corrected chi connectivity index (χ3v) is 3.55. The van der Waals surface area contributed by atoms with E-state index in [1.807, 2.05) is 9.80 Å². The van der Waals surface area contributed by atoms with Gasteiger partial charge < -0.3 is 19.6 Å². The van der Waals surface area contributed by atoms with Gasteiger partial charge in [0.15, 0.2) is 0 Å². The number of amides is 2. The Bertz CT molecular complexity index is 218. The molecule has 5 nitrogen and oxygen atoms in total. The molecule has 2 aliphatic heterocycles. The highest BCUT2D eigenvalue weighted by molar-refractivity contribution is 5.74. The van der Waals surface area contributed by atoms with Crippen LogP contribution < -0.4 is 0 Å². The van der Waals surface area contributed by atoms with Crippen molar-refractivity contribution < 1.29 is 4.79 Å². The number of urea groups is 1. The Labute approximate surface area is 97.6 Å². The SMILES string of the molecule is CN1CCN(C(=O)N2CCN(C)CC2)CC1. The molecule has 92 valence electrons. The number of nitrogens with zero attached hydrogens (tertiary/aromatic N) is 4. The number of likely N-dealkylation sites (N-methyl/N-ethyl adjacent to an activating group) is 2. The summed E-state index contributed by atoms with van der Waals surface area (Å²) >= 11 is 0. The molecule has 2 saturated heterocycles. The summed E-state index contributed by atoms with van der Waals surface area (Å²) in [7, 11) is 4.22. The molecule has 0 unspecified atom stereocenters. The molecule has 0 aromatic heterocycles. The molecule has 16 heavy (non-hydrogen) atoms. The van der Waals surface area contributed by atoms with Crippen molar-refractivity contribution in [2.45, 2.75) is 0 Å². The van der Waals surface area contributed by atoms with Crippen molar-refractivity contribution in [3.8, 4) is 0 Å². The zero-order chi connectivity index (χ0) is 11.5. The van der Waals surface area contributed by atoms with Crippen LogP contribution in [-0.2, 0) is 0 Å². The summed E-state index contributed by atoms with van der Waals surface area (Å²) in [5.41, 5.74) is 0. The van der Waals surface area contributed by atoms with Gasteiger partial charge in [-0.05, 0) is 14.1 Å². The van der Waals surface area contributed by atoms with Gasteiger partial charge in [0.25, 0.3) is 0 Å². The van der Waals surface area contributed by atoms with E-state index in [1.165, 1.54) is 0 Å². The molecule has 0 bridgehead atoms. The van der Waals surface area contributed by atoms with Gasteiger partial charge >= 0.3 is 6.03 Å². The Kier molecular flexibility index (Phi) is 3.66. The summed E-state index contributed by atoms with van der Waals surface area (Å²) in [6.45, 7) is 7.50. The van der Waals surface area contributed by atoms with Gasteiger partial charge in [0.1, 0.15) is 0 Å². The molecule has 2 rings (SSSR count). The summed E-state index contributed by atoms with van der Waals surface area (Å²) in [6, 6.07) is 0.237. The zero-order valence-electron chi connectivity index (χ0n) is 10.4. The van der Waals surface area contributed by atoms with Crippen molar-refractivity contribution in [1.82, 2.24) is 19.6 Å². The minimum atomic E-state index is 0.237. The van der Waals surface area contributed by atoms with Crippen LogP contribution in [0.25, 0.3) is 0 Å². The molecule has 0 radical (unpaired) electrons. The maximum Gasteiger partial charge on any atom is 0.320 e. The number of hydrogen-bond donors (Lipinski definition) is 0. The summed E-state index contributed by atoms with van der Waals surface area (Å²) in [5.74, 6) is 0. The second kappa shape index (κ2) is 5.01. The third-order valence-electron chi connectivity index (χ3n) is 3.55. The molecule has 2 amide bonds. The first kappa shape index (κ1) is 11.7. The van der Waals surface area contributed by atoms with Crippen molar-refractivity contribution >= 4 is 6.03 Å².